The largest absolute Gasteiger partial charge is 0.412 e. The van der Waals surface area contributed by atoms with Gasteiger partial charge in [0.2, 0.25) is 0 Å². The SMILES string of the molecule is B[C@@H]1O[C@](C)(CC)C(C)[C@@H]1O[Si](C)(C)C(C)(C)C. The van der Waals surface area contributed by atoms with Gasteiger partial charge in [-0.15, -0.1) is 0 Å². The van der Waals surface area contributed by atoms with Crippen LogP contribution in [0.25, 0.3) is 0 Å². The molecule has 18 heavy (non-hydrogen) atoms. The normalized spacial score (nSPS) is 38.1. The van der Waals surface area contributed by atoms with Gasteiger partial charge in [-0.25, -0.2) is 0 Å². The highest BCUT2D eigenvalue weighted by Gasteiger charge is 2.50. The first-order valence-electron chi connectivity index (χ1n) is 7.30. The molecule has 0 radical (unpaired) electrons. The highest BCUT2D eigenvalue weighted by atomic mass is 28.4. The van der Waals surface area contributed by atoms with Gasteiger partial charge in [-0.3, -0.25) is 0 Å². The van der Waals surface area contributed by atoms with Crippen LogP contribution in [0.1, 0.15) is 48.0 Å². The van der Waals surface area contributed by atoms with Crippen LogP contribution >= 0.6 is 0 Å². The van der Waals surface area contributed by atoms with E-state index in [9.17, 15) is 0 Å². The van der Waals surface area contributed by atoms with Crippen molar-refractivity contribution in [2.75, 3.05) is 0 Å². The molecule has 1 heterocycles. The van der Waals surface area contributed by atoms with Gasteiger partial charge < -0.3 is 9.16 Å². The topological polar surface area (TPSA) is 18.5 Å². The van der Waals surface area contributed by atoms with Gasteiger partial charge in [0.25, 0.3) is 0 Å². The summed E-state index contributed by atoms with van der Waals surface area (Å²) in [4.78, 5) is 0. The number of ether oxygens (including phenoxy) is 1. The van der Waals surface area contributed by atoms with Crippen molar-refractivity contribution in [2.45, 2.75) is 83.8 Å². The van der Waals surface area contributed by atoms with Crippen LogP contribution in [-0.2, 0) is 9.16 Å². The highest BCUT2D eigenvalue weighted by molar-refractivity contribution is 6.74. The van der Waals surface area contributed by atoms with Gasteiger partial charge in [-0.2, -0.15) is 0 Å². The van der Waals surface area contributed by atoms with E-state index in [0.717, 1.165) is 6.42 Å². The Morgan fingerprint density at radius 3 is 2.17 bits per heavy atom. The molecule has 1 rings (SSSR count). The van der Waals surface area contributed by atoms with Crippen molar-refractivity contribution in [1.29, 1.82) is 0 Å². The van der Waals surface area contributed by atoms with E-state index in [1.54, 1.807) is 0 Å². The molecule has 0 N–H and O–H groups in total. The average Bonchev–Trinajstić information content (AvgIpc) is 2.41. The number of rotatable bonds is 3. The van der Waals surface area contributed by atoms with Crippen molar-refractivity contribution in [3.63, 3.8) is 0 Å². The third-order valence-corrected chi connectivity index (χ3v) is 9.79. The molecular weight excluding hydrogens is 239 g/mol. The van der Waals surface area contributed by atoms with E-state index in [0.29, 0.717) is 5.92 Å². The molecule has 1 saturated heterocycles. The van der Waals surface area contributed by atoms with Crippen molar-refractivity contribution >= 4 is 16.2 Å². The molecule has 106 valence electrons. The van der Waals surface area contributed by atoms with E-state index >= 15 is 0 Å². The van der Waals surface area contributed by atoms with Gasteiger partial charge in [0.1, 0.15) is 7.85 Å². The molecule has 0 amide bonds. The Morgan fingerprint density at radius 1 is 1.33 bits per heavy atom. The van der Waals surface area contributed by atoms with Gasteiger partial charge in [-0.1, -0.05) is 34.6 Å². The Kier molecular flexibility index (Phi) is 4.47. The van der Waals surface area contributed by atoms with Crippen LogP contribution in [-0.4, -0.2) is 33.9 Å². The third kappa shape index (κ3) is 2.86. The summed E-state index contributed by atoms with van der Waals surface area (Å²) in [5, 5.41) is 0.262. The van der Waals surface area contributed by atoms with E-state index < -0.39 is 8.32 Å². The lowest BCUT2D eigenvalue weighted by Crippen LogP contribution is -2.48. The lowest BCUT2D eigenvalue weighted by molar-refractivity contribution is -0.0194. The highest BCUT2D eigenvalue weighted by Crippen LogP contribution is 2.44. The summed E-state index contributed by atoms with van der Waals surface area (Å²) in [6.45, 7) is 18.3. The molecule has 0 aromatic rings. The second-order valence-electron chi connectivity index (χ2n) is 7.62. The first-order valence-corrected chi connectivity index (χ1v) is 10.2. The lowest BCUT2D eigenvalue weighted by Gasteiger charge is -2.40. The predicted octanol–water partition coefficient (Wildman–Crippen LogP) is 3.17. The molecule has 0 saturated carbocycles. The standard InChI is InChI=1S/C14H31BO2Si/c1-9-14(6)10(2)11(12(15)16-14)17-18(7,8)13(3,4)5/h10-12H,9,15H2,1-8H3/t10?,11-,12+,14+/m0/s1. The zero-order valence-electron chi connectivity index (χ0n) is 13.8. The third-order valence-electron chi connectivity index (χ3n) is 5.31. The van der Waals surface area contributed by atoms with Crippen LogP contribution in [0.3, 0.4) is 0 Å². The molecule has 1 aliphatic heterocycles. The van der Waals surface area contributed by atoms with Crippen molar-refractivity contribution in [1.82, 2.24) is 0 Å². The fraction of sp³-hybridized carbons (Fsp3) is 1.00. The van der Waals surface area contributed by atoms with E-state index in [1.165, 1.54) is 0 Å². The maximum Gasteiger partial charge on any atom is 0.192 e. The molecule has 1 unspecified atom stereocenters. The first-order chi connectivity index (χ1) is 7.94. The maximum atomic E-state index is 6.60. The van der Waals surface area contributed by atoms with Crippen LogP contribution in [0.5, 0.6) is 0 Å². The van der Waals surface area contributed by atoms with Crippen molar-refractivity contribution in [3.05, 3.63) is 0 Å². The lowest BCUT2D eigenvalue weighted by atomic mass is 9.83. The van der Waals surface area contributed by atoms with E-state index in [4.69, 9.17) is 9.16 Å². The Bertz CT molecular complexity index is 301. The summed E-state index contributed by atoms with van der Waals surface area (Å²) in [5.74, 6) is 0.464. The Balaban J connectivity index is 2.86. The minimum Gasteiger partial charge on any atom is -0.412 e. The molecule has 0 aliphatic carbocycles. The zero-order chi connectivity index (χ0) is 14.4. The number of hydrogen-bond acceptors (Lipinski definition) is 2. The fourth-order valence-corrected chi connectivity index (χ4v) is 3.90. The summed E-state index contributed by atoms with van der Waals surface area (Å²) in [6, 6.07) is 0.207. The number of hydrogen-bond donors (Lipinski definition) is 0. The second kappa shape index (κ2) is 4.95. The average molecular weight is 270 g/mol. The summed E-state index contributed by atoms with van der Waals surface area (Å²) in [7, 11) is 0.453. The Hall–Kier alpha value is 0.202. The van der Waals surface area contributed by atoms with E-state index in [2.05, 4.69) is 62.5 Å². The van der Waals surface area contributed by atoms with Gasteiger partial charge in [0, 0.05) is 11.9 Å². The molecule has 0 aromatic heterocycles. The molecule has 1 fully saturated rings. The van der Waals surface area contributed by atoms with E-state index in [-0.39, 0.29) is 22.7 Å². The zero-order valence-corrected chi connectivity index (χ0v) is 14.8. The van der Waals surface area contributed by atoms with Gasteiger partial charge >= 0.3 is 0 Å². The van der Waals surface area contributed by atoms with Crippen LogP contribution in [0, 0.1) is 5.92 Å². The predicted molar refractivity (Wildman–Crippen MR) is 83.3 cm³/mol. The molecular formula is C14H31BO2Si. The fourth-order valence-electron chi connectivity index (χ4n) is 2.47. The monoisotopic (exact) mass is 270 g/mol. The Morgan fingerprint density at radius 2 is 1.83 bits per heavy atom. The molecule has 0 aromatic carbocycles. The minimum atomic E-state index is -1.71. The molecule has 2 nitrogen and oxygen atoms in total. The molecule has 0 spiro atoms. The van der Waals surface area contributed by atoms with Crippen LogP contribution < -0.4 is 0 Å². The van der Waals surface area contributed by atoms with Gasteiger partial charge in [0.15, 0.2) is 8.32 Å². The molecule has 1 aliphatic rings. The summed E-state index contributed by atoms with van der Waals surface area (Å²) < 4.78 is 12.8. The van der Waals surface area contributed by atoms with Gasteiger partial charge in [-0.05, 0) is 31.5 Å². The van der Waals surface area contributed by atoms with Crippen molar-refractivity contribution in [3.8, 4) is 0 Å². The van der Waals surface area contributed by atoms with Crippen LogP contribution in [0.4, 0.5) is 0 Å². The van der Waals surface area contributed by atoms with Crippen molar-refractivity contribution < 1.29 is 9.16 Å². The van der Waals surface area contributed by atoms with Crippen LogP contribution in [0.15, 0.2) is 0 Å². The smallest absolute Gasteiger partial charge is 0.192 e. The van der Waals surface area contributed by atoms with Crippen LogP contribution in [0.2, 0.25) is 18.1 Å². The first kappa shape index (κ1) is 16.3. The Labute approximate surface area is 115 Å². The van der Waals surface area contributed by atoms with Gasteiger partial charge in [0.05, 0.1) is 11.7 Å². The molecule has 0 bridgehead atoms. The minimum absolute atomic E-state index is 0.0214. The summed E-state index contributed by atoms with van der Waals surface area (Å²) >= 11 is 0. The maximum absolute atomic E-state index is 6.60. The molecule has 4 atom stereocenters. The van der Waals surface area contributed by atoms with E-state index in [1.807, 2.05) is 0 Å². The quantitative estimate of drug-likeness (QED) is 0.733. The van der Waals surface area contributed by atoms with Crippen molar-refractivity contribution in [2.24, 2.45) is 5.92 Å². The summed E-state index contributed by atoms with van der Waals surface area (Å²) in [6.07, 6.45) is 1.30. The second-order valence-corrected chi connectivity index (χ2v) is 12.4. The summed E-state index contributed by atoms with van der Waals surface area (Å²) in [5.41, 5.74) is -0.0214. The molecule has 4 heteroatoms.